The van der Waals surface area contributed by atoms with E-state index in [9.17, 15) is 4.79 Å². The highest BCUT2D eigenvalue weighted by Crippen LogP contribution is 2.12. The number of hydrogen-bond acceptors (Lipinski definition) is 5. The number of nitrogens with zero attached hydrogens (tertiary/aromatic N) is 2. The van der Waals surface area contributed by atoms with Crippen molar-refractivity contribution in [3.63, 3.8) is 0 Å². The van der Waals surface area contributed by atoms with Crippen molar-refractivity contribution in [2.24, 2.45) is 11.7 Å². The molecule has 1 heterocycles. The summed E-state index contributed by atoms with van der Waals surface area (Å²) in [6, 6.07) is 0.0225. The average Bonchev–Trinajstić information content (AvgIpc) is 2.75. The Labute approximate surface area is 118 Å². The molecular weight excluding hydrogens is 272 g/mol. The van der Waals surface area contributed by atoms with E-state index in [0.29, 0.717) is 17.3 Å². The molecule has 7 heteroatoms. The summed E-state index contributed by atoms with van der Waals surface area (Å²) in [4.78, 5) is 12.6. The Hall–Kier alpha value is -0.720. The SMILES string of the molecule is CCc1nnsc1C(=O)NC(CN)CC(C)C.Cl. The van der Waals surface area contributed by atoms with Crippen molar-refractivity contribution in [3.05, 3.63) is 10.6 Å². The molecule has 0 saturated carbocycles. The Kier molecular flexibility index (Phi) is 8.06. The molecule has 1 aromatic rings. The van der Waals surface area contributed by atoms with E-state index in [1.54, 1.807) is 0 Å². The molecule has 1 atom stereocenters. The minimum atomic E-state index is -0.104. The number of nitrogens with one attached hydrogen (secondary N) is 1. The van der Waals surface area contributed by atoms with Crippen molar-refractivity contribution in [2.45, 2.75) is 39.7 Å². The number of aromatic nitrogens is 2. The molecule has 104 valence electrons. The molecule has 0 radical (unpaired) electrons. The normalized spacial score (nSPS) is 12.1. The van der Waals surface area contributed by atoms with Crippen molar-refractivity contribution in [1.82, 2.24) is 14.9 Å². The van der Waals surface area contributed by atoms with E-state index in [1.807, 2.05) is 6.92 Å². The molecule has 18 heavy (non-hydrogen) atoms. The zero-order valence-electron chi connectivity index (χ0n) is 11.0. The Bertz CT molecular complexity index is 370. The van der Waals surface area contributed by atoms with E-state index in [0.717, 1.165) is 30.1 Å². The number of nitrogens with two attached hydrogens (primary N) is 1. The number of amides is 1. The smallest absolute Gasteiger partial charge is 0.265 e. The van der Waals surface area contributed by atoms with E-state index >= 15 is 0 Å². The first-order chi connectivity index (χ1) is 8.08. The molecule has 3 N–H and O–H groups in total. The summed E-state index contributed by atoms with van der Waals surface area (Å²) in [6.45, 7) is 6.64. The third-order valence-corrected chi connectivity index (χ3v) is 3.24. The maximum atomic E-state index is 12.0. The van der Waals surface area contributed by atoms with Crippen LogP contribution in [0.3, 0.4) is 0 Å². The second-order valence-corrected chi connectivity index (χ2v) is 5.19. The van der Waals surface area contributed by atoms with Crippen LogP contribution in [0.4, 0.5) is 0 Å². The van der Waals surface area contributed by atoms with Crippen molar-refractivity contribution in [3.8, 4) is 0 Å². The van der Waals surface area contributed by atoms with Crippen LogP contribution in [0.1, 0.15) is 42.6 Å². The molecule has 1 amide bonds. The van der Waals surface area contributed by atoms with Gasteiger partial charge in [0.2, 0.25) is 0 Å². The van der Waals surface area contributed by atoms with Crippen molar-refractivity contribution < 1.29 is 4.79 Å². The van der Waals surface area contributed by atoms with E-state index < -0.39 is 0 Å². The minimum Gasteiger partial charge on any atom is -0.347 e. The van der Waals surface area contributed by atoms with Crippen LogP contribution >= 0.6 is 23.9 Å². The minimum absolute atomic E-state index is 0. The summed E-state index contributed by atoms with van der Waals surface area (Å²) in [7, 11) is 0. The Morgan fingerprint density at radius 2 is 2.17 bits per heavy atom. The lowest BCUT2D eigenvalue weighted by Crippen LogP contribution is -2.41. The van der Waals surface area contributed by atoms with Crippen LogP contribution in [0.5, 0.6) is 0 Å². The zero-order chi connectivity index (χ0) is 12.8. The lowest BCUT2D eigenvalue weighted by atomic mass is 10.0. The molecule has 0 saturated heterocycles. The van der Waals surface area contributed by atoms with Crippen LogP contribution in [0.25, 0.3) is 0 Å². The van der Waals surface area contributed by atoms with E-state index in [2.05, 4.69) is 28.8 Å². The lowest BCUT2D eigenvalue weighted by Gasteiger charge is -2.18. The molecular formula is C11H21ClN4OS. The van der Waals surface area contributed by atoms with Gasteiger partial charge in [-0.15, -0.1) is 17.5 Å². The van der Waals surface area contributed by atoms with Gasteiger partial charge in [0.1, 0.15) is 4.88 Å². The summed E-state index contributed by atoms with van der Waals surface area (Å²) < 4.78 is 3.81. The van der Waals surface area contributed by atoms with Gasteiger partial charge in [0.15, 0.2) is 0 Å². The summed E-state index contributed by atoms with van der Waals surface area (Å²) in [5.74, 6) is 0.405. The molecule has 0 aliphatic rings. The molecule has 1 aromatic heterocycles. The first-order valence-electron chi connectivity index (χ1n) is 5.90. The molecule has 0 aromatic carbocycles. The maximum Gasteiger partial charge on any atom is 0.265 e. The fourth-order valence-corrected chi connectivity index (χ4v) is 2.30. The van der Waals surface area contributed by atoms with Crippen molar-refractivity contribution >= 4 is 29.8 Å². The molecule has 0 spiro atoms. The number of hydrogen-bond donors (Lipinski definition) is 2. The standard InChI is InChI=1S/C11H20N4OS.ClH/c1-4-9-10(17-15-14-9)11(16)13-8(6-12)5-7(2)3;/h7-8H,4-6,12H2,1-3H3,(H,13,16);1H. The van der Waals surface area contributed by atoms with E-state index in [4.69, 9.17) is 5.73 Å². The number of aryl methyl sites for hydroxylation is 1. The largest absolute Gasteiger partial charge is 0.347 e. The first kappa shape index (κ1) is 17.3. The highest BCUT2D eigenvalue weighted by molar-refractivity contribution is 7.08. The van der Waals surface area contributed by atoms with Gasteiger partial charge in [0.25, 0.3) is 5.91 Å². The summed E-state index contributed by atoms with van der Waals surface area (Å²) >= 11 is 1.14. The Morgan fingerprint density at radius 3 is 2.67 bits per heavy atom. The number of halogens is 1. The van der Waals surface area contributed by atoms with Gasteiger partial charge >= 0.3 is 0 Å². The summed E-state index contributed by atoms with van der Waals surface area (Å²) in [6.07, 6.45) is 1.60. The van der Waals surface area contributed by atoms with Crippen LogP contribution in [-0.4, -0.2) is 28.1 Å². The molecule has 0 bridgehead atoms. The molecule has 0 aliphatic heterocycles. The van der Waals surface area contributed by atoms with Gasteiger partial charge in [-0.05, 0) is 30.3 Å². The zero-order valence-corrected chi connectivity index (χ0v) is 12.6. The van der Waals surface area contributed by atoms with Gasteiger partial charge in [-0.25, -0.2) is 0 Å². The van der Waals surface area contributed by atoms with Crippen LogP contribution in [0, 0.1) is 5.92 Å². The van der Waals surface area contributed by atoms with E-state index in [1.165, 1.54) is 0 Å². The molecule has 1 rings (SSSR count). The maximum absolute atomic E-state index is 12.0. The van der Waals surface area contributed by atoms with Crippen molar-refractivity contribution in [1.29, 1.82) is 0 Å². The second-order valence-electron chi connectivity index (χ2n) is 4.44. The van der Waals surface area contributed by atoms with Crippen LogP contribution in [-0.2, 0) is 6.42 Å². The predicted molar refractivity (Wildman–Crippen MR) is 76.3 cm³/mol. The fraction of sp³-hybridized carbons (Fsp3) is 0.727. The summed E-state index contributed by atoms with van der Waals surface area (Å²) in [5, 5.41) is 6.87. The average molecular weight is 293 g/mol. The van der Waals surface area contributed by atoms with Crippen molar-refractivity contribution in [2.75, 3.05) is 6.54 Å². The third-order valence-electron chi connectivity index (χ3n) is 2.47. The molecule has 0 fully saturated rings. The van der Waals surface area contributed by atoms with E-state index in [-0.39, 0.29) is 24.4 Å². The van der Waals surface area contributed by atoms with Gasteiger partial charge in [-0.1, -0.05) is 25.3 Å². The van der Waals surface area contributed by atoms with Gasteiger partial charge in [-0.2, -0.15) is 0 Å². The monoisotopic (exact) mass is 292 g/mol. The number of carbonyl (C=O) groups excluding carboxylic acids is 1. The number of rotatable bonds is 6. The van der Waals surface area contributed by atoms with Crippen LogP contribution < -0.4 is 11.1 Å². The molecule has 5 nitrogen and oxygen atoms in total. The number of carbonyl (C=O) groups is 1. The van der Waals surface area contributed by atoms with Gasteiger partial charge in [0, 0.05) is 12.6 Å². The summed E-state index contributed by atoms with van der Waals surface area (Å²) in [5.41, 5.74) is 6.41. The Morgan fingerprint density at radius 1 is 1.50 bits per heavy atom. The highest BCUT2D eigenvalue weighted by atomic mass is 35.5. The fourth-order valence-electron chi connectivity index (χ4n) is 1.65. The second kappa shape index (κ2) is 8.39. The Balaban J connectivity index is 0.00000289. The first-order valence-corrected chi connectivity index (χ1v) is 6.67. The lowest BCUT2D eigenvalue weighted by molar-refractivity contribution is 0.0937. The quantitative estimate of drug-likeness (QED) is 0.835. The predicted octanol–water partition coefficient (Wildman–Crippen LogP) is 1.63. The molecule has 0 aliphatic carbocycles. The third kappa shape index (κ3) is 4.88. The molecule has 1 unspecified atom stereocenters. The van der Waals surface area contributed by atoms with Crippen LogP contribution in [0.15, 0.2) is 0 Å². The topological polar surface area (TPSA) is 80.9 Å². The van der Waals surface area contributed by atoms with Gasteiger partial charge < -0.3 is 11.1 Å². The highest BCUT2D eigenvalue weighted by Gasteiger charge is 2.18. The van der Waals surface area contributed by atoms with Gasteiger partial charge in [0.05, 0.1) is 5.69 Å². The van der Waals surface area contributed by atoms with Gasteiger partial charge in [-0.3, -0.25) is 4.79 Å². The van der Waals surface area contributed by atoms with Crippen LogP contribution in [0.2, 0.25) is 0 Å².